The van der Waals surface area contributed by atoms with Gasteiger partial charge in [0.1, 0.15) is 11.2 Å². The van der Waals surface area contributed by atoms with Crippen LogP contribution in [0.25, 0.3) is 21.9 Å². The molecule has 98 valence electrons. The smallest absolute Gasteiger partial charge is 0.336 e. The average molecular weight is 386 g/mol. The van der Waals surface area contributed by atoms with Gasteiger partial charge in [0.2, 0.25) is 0 Å². The van der Waals surface area contributed by atoms with E-state index in [1.165, 1.54) is 6.07 Å². The van der Waals surface area contributed by atoms with Gasteiger partial charge in [-0.2, -0.15) is 0 Å². The van der Waals surface area contributed by atoms with Gasteiger partial charge in [-0.3, -0.25) is 0 Å². The van der Waals surface area contributed by atoms with Gasteiger partial charge in [0.25, 0.3) is 0 Å². The highest BCUT2D eigenvalue weighted by Crippen LogP contribution is 2.37. The molecule has 0 radical (unpaired) electrons. The van der Waals surface area contributed by atoms with Gasteiger partial charge in [0.05, 0.1) is 0 Å². The van der Waals surface area contributed by atoms with Crippen LogP contribution in [-0.2, 0) is 5.33 Å². The molecule has 3 aromatic rings. The Bertz CT molecular complexity index is 859. The highest BCUT2D eigenvalue weighted by atomic mass is 79.9. The summed E-state index contributed by atoms with van der Waals surface area (Å²) in [6, 6.07) is 3.53. The first-order valence-corrected chi connectivity index (χ1v) is 7.65. The fraction of sp³-hybridized carbons (Fsp3) is 0.214. The number of aryl methyl sites for hydroxylation is 2. The van der Waals surface area contributed by atoms with Crippen molar-refractivity contribution in [1.29, 1.82) is 0 Å². The van der Waals surface area contributed by atoms with Crippen molar-refractivity contribution in [3.05, 3.63) is 43.9 Å². The van der Waals surface area contributed by atoms with Crippen LogP contribution in [-0.4, -0.2) is 0 Å². The molecule has 2 heterocycles. The third-order valence-electron chi connectivity index (χ3n) is 3.31. The number of halogens is 2. The zero-order chi connectivity index (χ0) is 13.7. The highest BCUT2D eigenvalue weighted by Gasteiger charge is 2.17. The Labute approximate surface area is 125 Å². The quantitative estimate of drug-likeness (QED) is 0.445. The van der Waals surface area contributed by atoms with E-state index in [-0.39, 0.29) is 5.63 Å². The molecule has 2 aromatic heterocycles. The molecule has 0 saturated carbocycles. The van der Waals surface area contributed by atoms with Crippen molar-refractivity contribution in [2.45, 2.75) is 19.2 Å². The topological polar surface area (TPSA) is 43.4 Å². The average Bonchev–Trinajstić information content (AvgIpc) is 2.67. The molecular weight excluding hydrogens is 376 g/mol. The van der Waals surface area contributed by atoms with Crippen molar-refractivity contribution in [1.82, 2.24) is 0 Å². The maximum atomic E-state index is 11.5. The summed E-state index contributed by atoms with van der Waals surface area (Å²) in [6.07, 6.45) is 0. The minimum atomic E-state index is -0.334. The molecule has 0 N–H and O–H groups in total. The van der Waals surface area contributed by atoms with Crippen molar-refractivity contribution >= 4 is 53.8 Å². The third-order valence-corrected chi connectivity index (χ3v) is 4.51. The lowest BCUT2D eigenvalue weighted by molar-refractivity contribution is 0.552. The zero-order valence-electron chi connectivity index (χ0n) is 10.3. The van der Waals surface area contributed by atoms with E-state index in [1.54, 1.807) is 0 Å². The number of benzene rings is 1. The predicted octanol–water partition coefficient (Wildman–Crippen LogP) is 4.81. The lowest BCUT2D eigenvalue weighted by atomic mass is 10.0. The first-order valence-electron chi connectivity index (χ1n) is 5.74. The van der Waals surface area contributed by atoms with Crippen LogP contribution in [0, 0.1) is 13.8 Å². The highest BCUT2D eigenvalue weighted by molar-refractivity contribution is 9.10. The van der Waals surface area contributed by atoms with Gasteiger partial charge >= 0.3 is 5.63 Å². The van der Waals surface area contributed by atoms with Crippen molar-refractivity contribution in [2.75, 3.05) is 0 Å². The Morgan fingerprint density at radius 1 is 1.11 bits per heavy atom. The van der Waals surface area contributed by atoms with Crippen molar-refractivity contribution in [3.63, 3.8) is 0 Å². The normalized spacial score (nSPS) is 11.6. The molecule has 0 atom stereocenters. The van der Waals surface area contributed by atoms with Crippen molar-refractivity contribution in [2.24, 2.45) is 0 Å². The standard InChI is InChI=1S/C14H10Br2O3/c1-6-3-11(17)18-12-7(2)13-9(4-8(6)12)10(5-15)14(16)19-13/h3-4H,5H2,1-2H3. The molecule has 19 heavy (non-hydrogen) atoms. The first kappa shape index (κ1) is 12.9. The molecule has 0 amide bonds. The summed E-state index contributed by atoms with van der Waals surface area (Å²) in [6.45, 7) is 3.81. The number of alkyl halides is 1. The molecule has 0 fully saturated rings. The van der Waals surface area contributed by atoms with Gasteiger partial charge in [-0.1, -0.05) is 15.9 Å². The van der Waals surface area contributed by atoms with Crippen LogP contribution in [0.2, 0.25) is 0 Å². The van der Waals surface area contributed by atoms with Crippen molar-refractivity contribution < 1.29 is 8.83 Å². The Morgan fingerprint density at radius 2 is 1.79 bits per heavy atom. The number of fused-ring (bicyclic) bond motifs is 2. The van der Waals surface area contributed by atoms with Gasteiger partial charge in [-0.05, 0) is 41.4 Å². The molecular formula is C14H10Br2O3. The fourth-order valence-electron chi connectivity index (χ4n) is 2.33. The van der Waals surface area contributed by atoms with E-state index in [2.05, 4.69) is 31.9 Å². The van der Waals surface area contributed by atoms with E-state index >= 15 is 0 Å². The molecule has 0 spiro atoms. The minimum Gasteiger partial charge on any atom is -0.449 e. The van der Waals surface area contributed by atoms with Crippen molar-refractivity contribution in [3.8, 4) is 0 Å². The van der Waals surface area contributed by atoms with E-state index < -0.39 is 0 Å². The number of rotatable bonds is 1. The molecule has 0 aliphatic heterocycles. The lowest BCUT2D eigenvalue weighted by Crippen LogP contribution is -1.99. The SMILES string of the molecule is Cc1cc(=O)oc2c(C)c3oc(Br)c(CBr)c3cc12. The molecule has 0 aliphatic carbocycles. The van der Waals surface area contributed by atoms with Crippen LogP contribution < -0.4 is 5.63 Å². The summed E-state index contributed by atoms with van der Waals surface area (Å²) < 4.78 is 11.8. The van der Waals surface area contributed by atoms with E-state index in [0.29, 0.717) is 15.6 Å². The molecule has 3 nitrogen and oxygen atoms in total. The maximum Gasteiger partial charge on any atom is 0.336 e. The monoisotopic (exact) mass is 384 g/mol. The van der Waals surface area contributed by atoms with E-state index in [0.717, 1.165) is 33.0 Å². The third kappa shape index (κ3) is 1.87. The Balaban J connectivity index is 2.60. The molecule has 0 aliphatic rings. The Kier molecular flexibility index (Phi) is 3.06. The summed E-state index contributed by atoms with van der Waals surface area (Å²) in [7, 11) is 0. The summed E-state index contributed by atoms with van der Waals surface area (Å²) >= 11 is 6.88. The molecule has 5 heteroatoms. The zero-order valence-corrected chi connectivity index (χ0v) is 13.5. The Morgan fingerprint density at radius 3 is 2.47 bits per heavy atom. The lowest BCUT2D eigenvalue weighted by Gasteiger charge is -2.04. The summed E-state index contributed by atoms with van der Waals surface area (Å²) in [5, 5.41) is 2.67. The Hall–Kier alpha value is -1.07. The number of hydrogen-bond donors (Lipinski definition) is 0. The molecule has 0 bridgehead atoms. The van der Waals surface area contributed by atoms with Crippen LogP contribution in [0.1, 0.15) is 16.7 Å². The van der Waals surface area contributed by atoms with E-state index in [9.17, 15) is 4.79 Å². The molecule has 0 saturated heterocycles. The van der Waals surface area contributed by atoms with Crippen LogP contribution in [0.15, 0.2) is 30.4 Å². The molecule has 3 rings (SSSR count). The van der Waals surface area contributed by atoms with Crippen LogP contribution in [0.4, 0.5) is 0 Å². The first-order chi connectivity index (χ1) is 9.02. The molecule has 0 unspecified atom stereocenters. The fourth-order valence-corrected chi connectivity index (χ4v) is 3.78. The predicted molar refractivity (Wildman–Crippen MR) is 82.1 cm³/mol. The number of hydrogen-bond acceptors (Lipinski definition) is 3. The van der Waals surface area contributed by atoms with Crippen LogP contribution in [0.3, 0.4) is 0 Å². The van der Waals surface area contributed by atoms with Gasteiger partial charge in [0.15, 0.2) is 4.67 Å². The van der Waals surface area contributed by atoms with Gasteiger partial charge < -0.3 is 8.83 Å². The molecule has 1 aromatic carbocycles. The van der Waals surface area contributed by atoms with Crippen LogP contribution in [0.5, 0.6) is 0 Å². The summed E-state index contributed by atoms with van der Waals surface area (Å²) in [5.74, 6) is 0. The summed E-state index contributed by atoms with van der Waals surface area (Å²) in [4.78, 5) is 11.5. The van der Waals surface area contributed by atoms with Gasteiger partial charge in [-0.25, -0.2) is 4.79 Å². The largest absolute Gasteiger partial charge is 0.449 e. The summed E-state index contributed by atoms with van der Waals surface area (Å²) in [5.41, 5.74) is 3.84. The second-order valence-corrected chi connectivity index (χ2v) is 5.77. The second kappa shape index (κ2) is 4.49. The van der Waals surface area contributed by atoms with E-state index in [4.69, 9.17) is 8.83 Å². The minimum absolute atomic E-state index is 0.334. The van der Waals surface area contributed by atoms with Gasteiger partial charge in [-0.15, -0.1) is 0 Å². The van der Waals surface area contributed by atoms with E-state index in [1.807, 2.05) is 19.9 Å². The maximum absolute atomic E-state index is 11.5. The van der Waals surface area contributed by atoms with Gasteiger partial charge in [0, 0.05) is 33.3 Å². The van der Waals surface area contributed by atoms with Crippen LogP contribution >= 0.6 is 31.9 Å². The number of furan rings is 1. The second-order valence-electron chi connectivity index (χ2n) is 4.49.